The Morgan fingerprint density at radius 2 is 1.75 bits per heavy atom. The van der Waals surface area contributed by atoms with Crippen LogP contribution in [0.25, 0.3) is 0 Å². The molecule has 0 bridgehead atoms. The predicted molar refractivity (Wildman–Crippen MR) is 97.6 cm³/mol. The maximum Gasteiger partial charge on any atom is 0.166 e. The average Bonchev–Trinajstić information content (AvgIpc) is 3.13. The Balaban J connectivity index is 1.73. The van der Waals surface area contributed by atoms with Gasteiger partial charge in [0.1, 0.15) is 6.61 Å². The van der Waals surface area contributed by atoms with Crippen molar-refractivity contribution in [3.05, 3.63) is 59.2 Å². The van der Waals surface area contributed by atoms with Crippen LogP contribution in [0.1, 0.15) is 42.4 Å². The topological polar surface area (TPSA) is 30.5 Å². The van der Waals surface area contributed by atoms with Crippen molar-refractivity contribution in [1.82, 2.24) is 5.32 Å². The molecule has 128 valence electrons. The smallest absolute Gasteiger partial charge is 0.166 e. The number of aryl methyl sites for hydroxylation is 1. The molecular formula is C21H27NO2. The van der Waals surface area contributed by atoms with E-state index in [4.69, 9.17) is 9.47 Å². The van der Waals surface area contributed by atoms with Crippen LogP contribution in [0.4, 0.5) is 0 Å². The molecule has 0 aliphatic heterocycles. The molecule has 3 heteroatoms. The molecule has 0 atom stereocenters. The number of hydrogen-bond donors (Lipinski definition) is 1. The zero-order valence-electron chi connectivity index (χ0n) is 14.7. The SMILES string of the molecule is COc1cccc(CNC2CCCC2)c1OCc1ccccc1C. The highest BCUT2D eigenvalue weighted by Gasteiger charge is 2.16. The number of nitrogens with one attached hydrogen (secondary N) is 1. The lowest BCUT2D eigenvalue weighted by molar-refractivity contribution is 0.279. The molecular weight excluding hydrogens is 298 g/mol. The van der Waals surface area contributed by atoms with Gasteiger partial charge in [-0.15, -0.1) is 0 Å². The van der Waals surface area contributed by atoms with E-state index in [-0.39, 0.29) is 0 Å². The molecule has 3 nitrogen and oxygen atoms in total. The number of methoxy groups -OCH3 is 1. The van der Waals surface area contributed by atoms with E-state index < -0.39 is 0 Å². The average molecular weight is 325 g/mol. The first kappa shape index (κ1) is 16.8. The van der Waals surface area contributed by atoms with E-state index in [0.717, 1.165) is 23.6 Å². The van der Waals surface area contributed by atoms with Gasteiger partial charge in [0.2, 0.25) is 0 Å². The lowest BCUT2D eigenvalue weighted by atomic mass is 10.1. The number of rotatable bonds is 7. The van der Waals surface area contributed by atoms with Crippen LogP contribution in [0.15, 0.2) is 42.5 Å². The van der Waals surface area contributed by atoms with Crippen LogP contribution in [0.2, 0.25) is 0 Å². The Morgan fingerprint density at radius 1 is 1.00 bits per heavy atom. The minimum Gasteiger partial charge on any atom is -0.493 e. The third-order valence-electron chi connectivity index (χ3n) is 4.85. The van der Waals surface area contributed by atoms with Gasteiger partial charge in [0, 0.05) is 18.2 Å². The van der Waals surface area contributed by atoms with Crippen molar-refractivity contribution in [3.63, 3.8) is 0 Å². The number of hydrogen-bond acceptors (Lipinski definition) is 3. The Labute approximate surface area is 145 Å². The van der Waals surface area contributed by atoms with E-state index in [9.17, 15) is 0 Å². The summed E-state index contributed by atoms with van der Waals surface area (Å²) in [5.41, 5.74) is 3.62. The number of benzene rings is 2. The van der Waals surface area contributed by atoms with Crippen LogP contribution in [0.5, 0.6) is 11.5 Å². The Morgan fingerprint density at radius 3 is 2.50 bits per heavy atom. The zero-order valence-corrected chi connectivity index (χ0v) is 14.7. The molecule has 1 fully saturated rings. The van der Waals surface area contributed by atoms with Crippen molar-refractivity contribution >= 4 is 0 Å². The van der Waals surface area contributed by atoms with Gasteiger partial charge in [0.05, 0.1) is 7.11 Å². The predicted octanol–water partition coefficient (Wildman–Crippen LogP) is 4.61. The fourth-order valence-corrected chi connectivity index (χ4v) is 3.33. The molecule has 0 amide bonds. The Hall–Kier alpha value is -2.00. The summed E-state index contributed by atoms with van der Waals surface area (Å²) in [6.45, 7) is 3.50. The summed E-state index contributed by atoms with van der Waals surface area (Å²) in [4.78, 5) is 0. The fourth-order valence-electron chi connectivity index (χ4n) is 3.33. The lowest BCUT2D eigenvalue weighted by Gasteiger charge is -2.18. The molecule has 0 radical (unpaired) electrons. The van der Waals surface area contributed by atoms with Crippen LogP contribution in [-0.2, 0) is 13.2 Å². The molecule has 24 heavy (non-hydrogen) atoms. The zero-order chi connectivity index (χ0) is 16.8. The second kappa shape index (κ2) is 8.20. The summed E-state index contributed by atoms with van der Waals surface area (Å²) < 4.78 is 11.7. The molecule has 2 aromatic carbocycles. The van der Waals surface area contributed by atoms with E-state index in [2.05, 4.69) is 42.6 Å². The summed E-state index contributed by atoms with van der Waals surface area (Å²) in [6.07, 6.45) is 5.24. The van der Waals surface area contributed by atoms with Crippen molar-refractivity contribution in [1.29, 1.82) is 0 Å². The Bertz CT molecular complexity index is 663. The minimum atomic E-state index is 0.559. The standard InChI is InChI=1S/C21H27NO2/c1-16-8-3-4-9-18(16)15-24-21-17(10-7-13-20(21)23-2)14-22-19-11-5-6-12-19/h3-4,7-10,13,19,22H,5-6,11-12,14-15H2,1-2H3. The summed E-state index contributed by atoms with van der Waals surface area (Å²) in [5, 5.41) is 3.66. The van der Waals surface area contributed by atoms with E-state index in [0.29, 0.717) is 12.6 Å². The molecule has 1 aliphatic rings. The van der Waals surface area contributed by atoms with Crippen molar-refractivity contribution < 1.29 is 9.47 Å². The molecule has 1 saturated carbocycles. The van der Waals surface area contributed by atoms with E-state index in [1.165, 1.54) is 36.8 Å². The van der Waals surface area contributed by atoms with Gasteiger partial charge in [-0.2, -0.15) is 0 Å². The molecule has 0 aromatic heterocycles. The normalized spacial score (nSPS) is 14.8. The molecule has 0 unspecified atom stereocenters. The second-order valence-corrected chi connectivity index (χ2v) is 6.53. The molecule has 2 aromatic rings. The number of para-hydroxylation sites is 1. The van der Waals surface area contributed by atoms with Gasteiger partial charge in [-0.05, 0) is 37.0 Å². The fraction of sp³-hybridized carbons (Fsp3) is 0.429. The Kier molecular flexibility index (Phi) is 5.76. The third kappa shape index (κ3) is 4.09. The molecule has 0 heterocycles. The van der Waals surface area contributed by atoms with Gasteiger partial charge in [0.25, 0.3) is 0 Å². The molecule has 0 spiro atoms. The molecule has 3 rings (SSSR count). The summed E-state index contributed by atoms with van der Waals surface area (Å²) >= 11 is 0. The van der Waals surface area contributed by atoms with Crippen LogP contribution in [-0.4, -0.2) is 13.2 Å². The maximum absolute atomic E-state index is 6.18. The minimum absolute atomic E-state index is 0.559. The van der Waals surface area contributed by atoms with Gasteiger partial charge < -0.3 is 14.8 Å². The van der Waals surface area contributed by atoms with Crippen LogP contribution in [0, 0.1) is 6.92 Å². The van der Waals surface area contributed by atoms with Gasteiger partial charge >= 0.3 is 0 Å². The highest BCUT2D eigenvalue weighted by molar-refractivity contribution is 5.47. The first-order valence-corrected chi connectivity index (χ1v) is 8.84. The highest BCUT2D eigenvalue weighted by Crippen LogP contribution is 2.32. The van der Waals surface area contributed by atoms with E-state index in [1.54, 1.807) is 7.11 Å². The van der Waals surface area contributed by atoms with Crippen LogP contribution < -0.4 is 14.8 Å². The second-order valence-electron chi connectivity index (χ2n) is 6.53. The summed E-state index contributed by atoms with van der Waals surface area (Å²) in [5.74, 6) is 1.66. The van der Waals surface area contributed by atoms with E-state index >= 15 is 0 Å². The van der Waals surface area contributed by atoms with Crippen LogP contribution in [0.3, 0.4) is 0 Å². The highest BCUT2D eigenvalue weighted by atomic mass is 16.5. The van der Waals surface area contributed by atoms with Gasteiger partial charge in [-0.3, -0.25) is 0 Å². The molecule has 1 aliphatic carbocycles. The van der Waals surface area contributed by atoms with Crippen molar-refractivity contribution in [2.45, 2.75) is 51.8 Å². The summed E-state index contributed by atoms with van der Waals surface area (Å²) in [6, 6.07) is 15.1. The van der Waals surface area contributed by atoms with Crippen LogP contribution >= 0.6 is 0 Å². The van der Waals surface area contributed by atoms with Gasteiger partial charge in [0.15, 0.2) is 11.5 Å². The van der Waals surface area contributed by atoms with Crippen molar-refractivity contribution in [2.24, 2.45) is 0 Å². The number of ether oxygens (including phenoxy) is 2. The first-order valence-electron chi connectivity index (χ1n) is 8.84. The third-order valence-corrected chi connectivity index (χ3v) is 4.85. The lowest BCUT2D eigenvalue weighted by Crippen LogP contribution is -2.25. The van der Waals surface area contributed by atoms with Gasteiger partial charge in [-0.1, -0.05) is 49.2 Å². The van der Waals surface area contributed by atoms with Crippen molar-refractivity contribution in [3.8, 4) is 11.5 Å². The molecule has 0 saturated heterocycles. The quantitative estimate of drug-likeness (QED) is 0.806. The molecule has 1 N–H and O–H groups in total. The first-order chi connectivity index (χ1) is 11.8. The van der Waals surface area contributed by atoms with Crippen molar-refractivity contribution in [2.75, 3.05) is 7.11 Å². The summed E-state index contributed by atoms with van der Waals surface area (Å²) in [7, 11) is 1.70. The monoisotopic (exact) mass is 325 g/mol. The maximum atomic E-state index is 6.18. The van der Waals surface area contributed by atoms with E-state index in [1.807, 2.05) is 12.1 Å². The largest absolute Gasteiger partial charge is 0.493 e. The van der Waals surface area contributed by atoms with Gasteiger partial charge in [-0.25, -0.2) is 0 Å².